The number of phenolic OH excluding ortho intramolecular Hbond substituents is 4. The third kappa shape index (κ3) is 3.82. The largest absolute Gasteiger partial charge is 1.00 e. The number of rotatable bonds is 2. The maximum atomic E-state index is 12.9. The van der Waals surface area contributed by atoms with E-state index in [0.717, 1.165) is 18.2 Å². The summed E-state index contributed by atoms with van der Waals surface area (Å²) in [4.78, 5) is 12.9. The van der Waals surface area contributed by atoms with Crippen molar-refractivity contribution >= 4 is 21.9 Å². The van der Waals surface area contributed by atoms with Crippen molar-refractivity contribution in [2.24, 2.45) is 0 Å². The molecule has 11 nitrogen and oxygen atoms in total. The van der Waals surface area contributed by atoms with Gasteiger partial charge in [0.05, 0.1) is 17.6 Å². The number of fused-ring (bicyclic) bond motifs is 2. The van der Waals surface area contributed by atoms with E-state index in [2.05, 4.69) is 0 Å². The number of aliphatic hydroxyl groups is 4. The van der Waals surface area contributed by atoms with Crippen molar-refractivity contribution in [3.8, 4) is 23.0 Å². The Hall–Kier alpha value is -1.45. The third-order valence-electron chi connectivity index (χ3n) is 5.23. The number of ether oxygens (including phenoxy) is 1. The van der Waals surface area contributed by atoms with Crippen LogP contribution in [0.1, 0.15) is 13.1 Å². The SMILES string of the molecule is O=c1c2cc(O)c(O)cc2oc2cc(O)c([C@@H]3O[C@H](CO)[C@@H](O)[C@H](O)[C@H]3O)c(O)c12.[H-].[K+]. The molecular weight excluding hydrogens is 443 g/mol. The molecule has 0 amide bonds. The molecule has 31 heavy (non-hydrogen) atoms. The van der Waals surface area contributed by atoms with Crippen molar-refractivity contribution < 1.29 is 103 Å². The molecule has 0 spiro atoms. The predicted molar refractivity (Wildman–Crippen MR) is 100 cm³/mol. The van der Waals surface area contributed by atoms with Crippen LogP contribution in [-0.2, 0) is 4.74 Å². The monoisotopic (exact) mass is 462 g/mol. The number of hydrogen-bond donors (Lipinski definition) is 8. The van der Waals surface area contributed by atoms with Crippen LogP contribution in [0.4, 0.5) is 0 Å². The van der Waals surface area contributed by atoms with E-state index in [1.807, 2.05) is 0 Å². The Balaban J connectivity index is 0.00000181. The minimum Gasteiger partial charge on any atom is -1.00 e. The first-order valence-electron chi connectivity index (χ1n) is 8.83. The van der Waals surface area contributed by atoms with Crippen LogP contribution in [0, 0.1) is 0 Å². The first-order chi connectivity index (χ1) is 14.1. The van der Waals surface area contributed by atoms with Crippen LogP contribution < -0.4 is 56.8 Å². The normalized spacial score (nSPS) is 26.1. The fourth-order valence-electron chi connectivity index (χ4n) is 3.64. The molecule has 0 radical (unpaired) electrons. The van der Waals surface area contributed by atoms with Crippen LogP contribution in [0.2, 0.25) is 0 Å². The summed E-state index contributed by atoms with van der Waals surface area (Å²) >= 11 is 0. The second kappa shape index (κ2) is 8.82. The van der Waals surface area contributed by atoms with Crippen molar-refractivity contribution in [3.63, 3.8) is 0 Å². The van der Waals surface area contributed by atoms with Gasteiger partial charge in [0, 0.05) is 12.1 Å². The summed E-state index contributed by atoms with van der Waals surface area (Å²) in [6.45, 7) is -0.730. The van der Waals surface area contributed by atoms with Gasteiger partial charge in [-0.2, -0.15) is 0 Å². The summed E-state index contributed by atoms with van der Waals surface area (Å²) < 4.78 is 10.8. The molecule has 0 saturated carbocycles. The molecule has 0 unspecified atom stereocenters. The Kier molecular flexibility index (Phi) is 6.89. The Morgan fingerprint density at radius 3 is 2.13 bits per heavy atom. The molecule has 3 aromatic rings. The predicted octanol–water partition coefficient (Wildman–Crippen LogP) is -3.60. The van der Waals surface area contributed by atoms with Gasteiger partial charge in [0.1, 0.15) is 58.6 Å². The van der Waals surface area contributed by atoms with E-state index in [1.165, 1.54) is 0 Å². The Bertz CT molecular complexity index is 1210. The third-order valence-corrected chi connectivity index (χ3v) is 5.23. The summed E-state index contributed by atoms with van der Waals surface area (Å²) in [7, 11) is 0. The molecule has 0 aliphatic carbocycles. The van der Waals surface area contributed by atoms with E-state index in [4.69, 9.17) is 9.15 Å². The number of aliphatic hydroxyl groups excluding tert-OH is 4. The Morgan fingerprint density at radius 2 is 1.48 bits per heavy atom. The van der Waals surface area contributed by atoms with E-state index in [9.17, 15) is 45.6 Å². The van der Waals surface area contributed by atoms with Gasteiger partial charge < -0.3 is 51.4 Å². The number of aromatic hydroxyl groups is 4. The fraction of sp³-hybridized carbons (Fsp3) is 0.316. The van der Waals surface area contributed by atoms with Crippen molar-refractivity contribution in [2.75, 3.05) is 6.61 Å². The van der Waals surface area contributed by atoms with Gasteiger partial charge in [-0.1, -0.05) is 0 Å². The number of hydrogen-bond acceptors (Lipinski definition) is 11. The zero-order valence-electron chi connectivity index (χ0n) is 17.1. The minimum absolute atomic E-state index is 0. The van der Waals surface area contributed by atoms with E-state index >= 15 is 0 Å². The summed E-state index contributed by atoms with van der Waals surface area (Å²) in [5.74, 6) is -2.62. The smallest absolute Gasteiger partial charge is 1.00 e. The molecule has 1 aliphatic heterocycles. The second-order valence-electron chi connectivity index (χ2n) is 7.05. The van der Waals surface area contributed by atoms with Crippen LogP contribution in [0.25, 0.3) is 21.9 Å². The molecule has 1 aromatic heterocycles. The molecule has 8 N–H and O–H groups in total. The molecule has 4 rings (SSSR count). The van der Waals surface area contributed by atoms with Crippen LogP contribution in [0.15, 0.2) is 27.4 Å². The Labute approximate surface area is 217 Å². The molecular formula is C19H19KO11. The summed E-state index contributed by atoms with van der Waals surface area (Å²) in [6.07, 6.45) is -8.16. The molecule has 1 fully saturated rings. The maximum Gasteiger partial charge on any atom is 1.00 e. The van der Waals surface area contributed by atoms with Gasteiger partial charge in [-0.05, 0) is 6.07 Å². The van der Waals surface area contributed by atoms with Crippen LogP contribution >= 0.6 is 0 Å². The molecule has 162 valence electrons. The van der Waals surface area contributed by atoms with E-state index in [1.54, 1.807) is 0 Å². The quantitative estimate of drug-likeness (QED) is 0.106. The van der Waals surface area contributed by atoms with E-state index < -0.39 is 76.5 Å². The number of benzene rings is 2. The van der Waals surface area contributed by atoms with Crippen LogP contribution in [0.3, 0.4) is 0 Å². The van der Waals surface area contributed by atoms with Gasteiger partial charge >= 0.3 is 51.4 Å². The topological polar surface area (TPSA) is 201 Å². The van der Waals surface area contributed by atoms with Crippen LogP contribution in [-0.4, -0.2) is 71.9 Å². The molecule has 2 aromatic carbocycles. The minimum atomic E-state index is -1.81. The van der Waals surface area contributed by atoms with Gasteiger partial charge in [0.2, 0.25) is 5.43 Å². The zero-order valence-corrected chi connectivity index (χ0v) is 19.3. The zero-order chi connectivity index (χ0) is 21.9. The number of phenols is 4. The van der Waals surface area contributed by atoms with Gasteiger partial charge in [-0.15, -0.1) is 0 Å². The second-order valence-corrected chi connectivity index (χ2v) is 7.05. The first kappa shape index (κ1) is 24.2. The maximum absolute atomic E-state index is 12.9. The van der Waals surface area contributed by atoms with E-state index in [-0.39, 0.29) is 69.4 Å². The average Bonchev–Trinajstić information content (AvgIpc) is 2.69. The van der Waals surface area contributed by atoms with Crippen LogP contribution in [0.5, 0.6) is 23.0 Å². The summed E-state index contributed by atoms with van der Waals surface area (Å²) in [5.41, 5.74) is -1.66. The van der Waals surface area contributed by atoms with Gasteiger partial charge in [0.15, 0.2) is 11.5 Å². The van der Waals surface area contributed by atoms with E-state index in [0.29, 0.717) is 0 Å². The Morgan fingerprint density at radius 1 is 0.871 bits per heavy atom. The van der Waals surface area contributed by atoms with Gasteiger partial charge in [-0.3, -0.25) is 4.79 Å². The molecule has 2 heterocycles. The van der Waals surface area contributed by atoms with Crippen molar-refractivity contribution in [1.82, 2.24) is 0 Å². The summed E-state index contributed by atoms with van der Waals surface area (Å²) in [6, 6.07) is 2.90. The first-order valence-corrected chi connectivity index (χ1v) is 8.83. The average molecular weight is 462 g/mol. The molecule has 5 atom stereocenters. The van der Waals surface area contributed by atoms with Crippen molar-refractivity contribution in [2.45, 2.75) is 30.5 Å². The summed E-state index contributed by atoms with van der Waals surface area (Å²) in [5, 5.41) is 79.4. The van der Waals surface area contributed by atoms with Gasteiger partial charge in [-0.25, -0.2) is 0 Å². The molecule has 12 heteroatoms. The van der Waals surface area contributed by atoms with Crippen molar-refractivity contribution in [1.29, 1.82) is 0 Å². The van der Waals surface area contributed by atoms with Gasteiger partial charge in [0.25, 0.3) is 0 Å². The van der Waals surface area contributed by atoms with Crippen molar-refractivity contribution in [3.05, 3.63) is 34.0 Å². The fourth-order valence-corrected chi connectivity index (χ4v) is 3.64. The molecule has 0 bridgehead atoms. The molecule has 1 aliphatic rings. The molecule has 1 saturated heterocycles. The standard InChI is InChI=1S/C19H18O11.K.H/c20-4-11-15(25)17(27)18(28)19(30-11)12-8(23)3-10-13(16(12)26)14(24)5-1-6(21)7(22)2-9(5)29-10;;/h1-3,11,15,17-23,25-28H,4H2;;/q;+1;-1/t11-,15-,17+,18-,19+;;/m1../s1.